The second-order valence-electron chi connectivity index (χ2n) is 5.59. The van der Waals surface area contributed by atoms with Crippen LogP contribution in [0.3, 0.4) is 0 Å². The molecule has 0 aromatic carbocycles. The molecule has 0 spiro atoms. The SMILES string of the molecule is Cc1cccc(OC2CCN(C(=O)C3CCC(=O)N3)C2)n1. The number of nitrogens with zero attached hydrogens (tertiary/aromatic N) is 2. The first-order chi connectivity index (χ1) is 10.1. The van der Waals surface area contributed by atoms with E-state index in [1.165, 1.54) is 0 Å². The van der Waals surface area contributed by atoms with Crippen LogP contribution in [0.4, 0.5) is 0 Å². The van der Waals surface area contributed by atoms with E-state index in [1.807, 2.05) is 25.1 Å². The number of pyridine rings is 1. The third kappa shape index (κ3) is 3.15. The summed E-state index contributed by atoms with van der Waals surface area (Å²) in [6.07, 6.45) is 1.80. The van der Waals surface area contributed by atoms with Gasteiger partial charge in [0.2, 0.25) is 17.7 Å². The summed E-state index contributed by atoms with van der Waals surface area (Å²) in [7, 11) is 0. The second-order valence-corrected chi connectivity index (χ2v) is 5.59. The standard InChI is InChI=1S/C15H19N3O3/c1-10-3-2-4-14(16-10)21-11-7-8-18(9-11)15(20)12-5-6-13(19)17-12/h2-4,11-12H,5-9H2,1H3,(H,17,19). The van der Waals surface area contributed by atoms with Crippen LogP contribution in [-0.4, -0.2) is 46.9 Å². The number of ether oxygens (including phenoxy) is 1. The van der Waals surface area contributed by atoms with Crippen LogP contribution in [0.25, 0.3) is 0 Å². The molecule has 0 saturated carbocycles. The van der Waals surface area contributed by atoms with E-state index in [0.29, 0.717) is 31.8 Å². The Labute approximate surface area is 123 Å². The smallest absolute Gasteiger partial charge is 0.245 e. The predicted octanol–water partition coefficient (Wildman–Crippen LogP) is 0.648. The predicted molar refractivity (Wildman–Crippen MR) is 75.8 cm³/mol. The van der Waals surface area contributed by atoms with Gasteiger partial charge in [-0.1, -0.05) is 6.07 Å². The second kappa shape index (κ2) is 5.71. The Morgan fingerprint density at radius 3 is 3.00 bits per heavy atom. The van der Waals surface area contributed by atoms with Gasteiger partial charge in [-0.05, 0) is 19.4 Å². The molecule has 2 atom stereocenters. The Bertz CT molecular complexity index is 561. The van der Waals surface area contributed by atoms with Gasteiger partial charge in [0.05, 0.1) is 6.54 Å². The van der Waals surface area contributed by atoms with Crippen molar-refractivity contribution < 1.29 is 14.3 Å². The van der Waals surface area contributed by atoms with E-state index in [2.05, 4.69) is 10.3 Å². The molecule has 6 nitrogen and oxygen atoms in total. The number of amides is 2. The summed E-state index contributed by atoms with van der Waals surface area (Å²) in [5, 5.41) is 2.72. The first kappa shape index (κ1) is 13.9. The molecule has 1 N–H and O–H groups in total. The van der Waals surface area contributed by atoms with Crippen molar-refractivity contribution in [1.82, 2.24) is 15.2 Å². The summed E-state index contributed by atoms with van der Waals surface area (Å²) < 4.78 is 5.83. The Kier molecular flexibility index (Phi) is 3.77. The third-order valence-electron chi connectivity index (χ3n) is 3.90. The monoisotopic (exact) mass is 289 g/mol. The fraction of sp³-hybridized carbons (Fsp3) is 0.533. The van der Waals surface area contributed by atoms with Crippen molar-refractivity contribution >= 4 is 11.8 Å². The van der Waals surface area contributed by atoms with E-state index in [0.717, 1.165) is 12.1 Å². The molecule has 0 aliphatic carbocycles. The van der Waals surface area contributed by atoms with Crippen molar-refractivity contribution in [3.05, 3.63) is 23.9 Å². The average molecular weight is 289 g/mol. The van der Waals surface area contributed by atoms with Gasteiger partial charge in [-0.15, -0.1) is 0 Å². The molecule has 2 aliphatic rings. The molecule has 0 radical (unpaired) electrons. The maximum atomic E-state index is 12.3. The molecule has 6 heteroatoms. The van der Waals surface area contributed by atoms with Gasteiger partial charge >= 0.3 is 0 Å². The van der Waals surface area contributed by atoms with Crippen molar-refractivity contribution in [2.45, 2.75) is 38.3 Å². The van der Waals surface area contributed by atoms with Gasteiger partial charge in [0.25, 0.3) is 0 Å². The molecule has 2 fully saturated rings. The zero-order valence-electron chi connectivity index (χ0n) is 12.0. The van der Waals surface area contributed by atoms with E-state index in [1.54, 1.807) is 4.90 Å². The minimum absolute atomic E-state index is 0.00384. The van der Waals surface area contributed by atoms with Gasteiger partial charge < -0.3 is 15.0 Å². The fourth-order valence-corrected chi connectivity index (χ4v) is 2.80. The lowest BCUT2D eigenvalue weighted by Gasteiger charge is -2.20. The van der Waals surface area contributed by atoms with Crippen LogP contribution in [-0.2, 0) is 9.59 Å². The number of likely N-dealkylation sites (tertiary alicyclic amines) is 1. The highest BCUT2D eigenvalue weighted by Gasteiger charge is 2.35. The Balaban J connectivity index is 1.55. The zero-order chi connectivity index (χ0) is 14.8. The maximum absolute atomic E-state index is 12.3. The lowest BCUT2D eigenvalue weighted by molar-refractivity contribution is -0.133. The van der Waals surface area contributed by atoms with Crippen LogP contribution < -0.4 is 10.1 Å². The quantitative estimate of drug-likeness (QED) is 0.887. The number of carbonyl (C=O) groups is 2. The lowest BCUT2D eigenvalue weighted by atomic mass is 10.2. The van der Waals surface area contributed by atoms with Crippen LogP contribution >= 0.6 is 0 Å². The molecule has 1 aromatic rings. The number of carbonyl (C=O) groups excluding carboxylic acids is 2. The Morgan fingerprint density at radius 1 is 1.43 bits per heavy atom. The van der Waals surface area contributed by atoms with Crippen LogP contribution in [0.15, 0.2) is 18.2 Å². The van der Waals surface area contributed by atoms with Gasteiger partial charge in [0.15, 0.2) is 0 Å². The first-order valence-corrected chi connectivity index (χ1v) is 7.30. The fourth-order valence-electron chi connectivity index (χ4n) is 2.80. The molecule has 3 heterocycles. The number of rotatable bonds is 3. The van der Waals surface area contributed by atoms with Gasteiger partial charge in [-0.2, -0.15) is 0 Å². The zero-order valence-corrected chi connectivity index (χ0v) is 12.0. The van der Waals surface area contributed by atoms with Crippen molar-refractivity contribution in [2.24, 2.45) is 0 Å². The van der Waals surface area contributed by atoms with Crippen molar-refractivity contribution in [3.8, 4) is 5.88 Å². The molecule has 0 bridgehead atoms. The topological polar surface area (TPSA) is 71.5 Å². The molecule has 2 amide bonds. The van der Waals surface area contributed by atoms with Crippen LogP contribution in [0, 0.1) is 6.92 Å². The number of aromatic nitrogens is 1. The highest BCUT2D eigenvalue weighted by Crippen LogP contribution is 2.19. The molecule has 3 rings (SSSR count). The van der Waals surface area contributed by atoms with Crippen LogP contribution in [0.1, 0.15) is 25.0 Å². The molecule has 21 heavy (non-hydrogen) atoms. The number of hydrogen-bond donors (Lipinski definition) is 1. The van der Waals surface area contributed by atoms with E-state index in [-0.39, 0.29) is 24.0 Å². The minimum Gasteiger partial charge on any atom is -0.472 e. The summed E-state index contributed by atoms with van der Waals surface area (Å²) in [6.45, 7) is 3.14. The van der Waals surface area contributed by atoms with E-state index in [4.69, 9.17) is 4.74 Å². The van der Waals surface area contributed by atoms with Crippen molar-refractivity contribution in [3.63, 3.8) is 0 Å². The van der Waals surface area contributed by atoms with Gasteiger partial charge in [-0.25, -0.2) is 4.98 Å². The van der Waals surface area contributed by atoms with Gasteiger partial charge in [-0.3, -0.25) is 9.59 Å². The van der Waals surface area contributed by atoms with Crippen molar-refractivity contribution in [2.75, 3.05) is 13.1 Å². The molecular formula is C15H19N3O3. The van der Waals surface area contributed by atoms with E-state index >= 15 is 0 Å². The lowest BCUT2D eigenvalue weighted by Crippen LogP contribution is -2.44. The van der Waals surface area contributed by atoms with Crippen LogP contribution in [0.5, 0.6) is 5.88 Å². The highest BCUT2D eigenvalue weighted by molar-refractivity contribution is 5.90. The molecule has 2 saturated heterocycles. The highest BCUT2D eigenvalue weighted by atomic mass is 16.5. The summed E-state index contributed by atoms with van der Waals surface area (Å²) in [5.74, 6) is 0.567. The summed E-state index contributed by atoms with van der Waals surface area (Å²) in [6, 6.07) is 5.30. The maximum Gasteiger partial charge on any atom is 0.245 e. The molecule has 112 valence electrons. The van der Waals surface area contributed by atoms with Crippen LogP contribution in [0.2, 0.25) is 0 Å². The number of aryl methyl sites for hydroxylation is 1. The molecule has 2 aliphatic heterocycles. The van der Waals surface area contributed by atoms with E-state index < -0.39 is 0 Å². The van der Waals surface area contributed by atoms with E-state index in [9.17, 15) is 9.59 Å². The molecular weight excluding hydrogens is 270 g/mol. The average Bonchev–Trinajstić information content (AvgIpc) is 3.07. The summed E-state index contributed by atoms with van der Waals surface area (Å²) in [4.78, 5) is 29.6. The largest absolute Gasteiger partial charge is 0.472 e. The molecule has 1 aromatic heterocycles. The molecule has 2 unspecified atom stereocenters. The number of hydrogen-bond acceptors (Lipinski definition) is 4. The number of nitrogens with one attached hydrogen (secondary N) is 1. The Morgan fingerprint density at radius 2 is 2.29 bits per heavy atom. The summed E-state index contributed by atoms with van der Waals surface area (Å²) >= 11 is 0. The van der Waals surface area contributed by atoms with Crippen molar-refractivity contribution in [1.29, 1.82) is 0 Å². The Hall–Kier alpha value is -2.11. The normalized spacial score (nSPS) is 25.0. The third-order valence-corrected chi connectivity index (χ3v) is 3.90. The van der Waals surface area contributed by atoms with Gasteiger partial charge in [0, 0.05) is 31.1 Å². The van der Waals surface area contributed by atoms with Gasteiger partial charge in [0.1, 0.15) is 12.1 Å². The first-order valence-electron chi connectivity index (χ1n) is 7.30. The minimum atomic E-state index is -0.353. The summed E-state index contributed by atoms with van der Waals surface area (Å²) in [5.41, 5.74) is 0.909.